The van der Waals surface area contributed by atoms with Gasteiger partial charge in [0.15, 0.2) is 34.5 Å². The highest BCUT2D eigenvalue weighted by atomic mass is 32.1. The maximum atomic E-state index is 6.09. The van der Waals surface area contributed by atoms with Crippen molar-refractivity contribution < 1.29 is 33.2 Å². The number of methoxy groups -OCH3 is 5. The molecule has 5 rings (SSSR count). The second kappa shape index (κ2) is 13.4. The zero-order chi connectivity index (χ0) is 30.3. The van der Waals surface area contributed by atoms with Crippen molar-refractivity contribution in [3.8, 4) is 50.8 Å². The predicted octanol–water partition coefficient (Wildman–Crippen LogP) is 7.53. The molecule has 0 N–H and O–H groups in total. The van der Waals surface area contributed by atoms with Crippen LogP contribution in [0.1, 0.15) is 11.1 Å². The first kappa shape index (κ1) is 29.6. The van der Waals surface area contributed by atoms with Gasteiger partial charge in [-0.25, -0.2) is 4.98 Å². The summed E-state index contributed by atoms with van der Waals surface area (Å²) in [4.78, 5) is 4.74. The molecule has 222 valence electrons. The standard InChI is InChI=1S/C34H33NO7S/c1-21(24-19-30(38-4)33(40-6)31(20-24)39-5)22-11-13-26(36-2)29(17-22)42-16-15-41-27-14-12-23(18-28(27)37-3)34-35-25-9-7-8-10-32(25)43-34/h7-14,17-20H,1,15-16H2,2-6H3. The van der Waals surface area contributed by atoms with Crippen LogP contribution in [-0.2, 0) is 0 Å². The normalized spacial score (nSPS) is 10.7. The molecule has 0 saturated heterocycles. The van der Waals surface area contributed by atoms with Crippen LogP contribution in [0.3, 0.4) is 0 Å². The lowest BCUT2D eigenvalue weighted by molar-refractivity contribution is 0.206. The maximum Gasteiger partial charge on any atom is 0.203 e. The first-order valence-corrected chi connectivity index (χ1v) is 14.3. The van der Waals surface area contributed by atoms with E-state index in [9.17, 15) is 0 Å². The number of para-hydroxylation sites is 1. The lowest BCUT2D eigenvalue weighted by atomic mass is 9.98. The summed E-state index contributed by atoms with van der Waals surface area (Å²) in [5.74, 6) is 4.01. The average molecular weight is 600 g/mol. The first-order valence-electron chi connectivity index (χ1n) is 13.5. The molecule has 9 heteroatoms. The van der Waals surface area contributed by atoms with E-state index in [0.717, 1.165) is 37.5 Å². The van der Waals surface area contributed by atoms with Gasteiger partial charge >= 0.3 is 0 Å². The van der Waals surface area contributed by atoms with Gasteiger partial charge < -0.3 is 33.2 Å². The van der Waals surface area contributed by atoms with Gasteiger partial charge in [0.25, 0.3) is 0 Å². The van der Waals surface area contributed by atoms with E-state index in [0.29, 0.717) is 40.2 Å². The van der Waals surface area contributed by atoms with Crippen molar-refractivity contribution in [1.82, 2.24) is 4.98 Å². The Morgan fingerprint density at radius 2 is 1.26 bits per heavy atom. The van der Waals surface area contributed by atoms with Crippen LogP contribution in [0.25, 0.3) is 26.4 Å². The molecule has 8 nitrogen and oxygen atoms in total. The van der Waals surface area contributed by atoms with E-state index in [-0.39, 0.29) is 13.2 Å². The molecule has 0 aliphatic carbocycles. The zero-order valence-corrected chi connectivity index (χ0v) is 25.6. The number of rotatable bonds is 13. The van der Waals surface area contributed by atoms with Gasteiger partial charge in [0, 0.05) is 5.56 Å². The number of nitrogens with zero attached hydrogens (tertiary/aromatic N) is 1. The van der Waals surface area contributed by atoms with E-state index in [1.165, 1.54) is 0 Å². The van der Waals surface area contributed by atoms with Gasteiger partial charge in [-0.2, -0.15) is 0 Å². The number of ether oxygens (including phenoxy) is 7. The maximum absolute atomic E-state index is 6.09. The van der Waals surface area contributed by atoms with E-state index in [4.69, 9.17) is 38.1 Å². The molecule has 5 aromatic rings. The first-order chi connectivity index (χ1) is 21.0. The van der Waals surface area contributed by atoms with Gasteiger partial charge in [-0.05, 0) is 71.3 Å². The van der Waals surface area contributed by atoms with Crippen molar-refractivity contribution in [1.29, 1.82) is 0 Å². The summed E-state index contributed by atoms with van der Waals surface area (Å²) in [7, 11) is 7.96. The van der Waals surface area contributed by atoms with Crippen LogP contribution >= 0.6 is 11.3 Å². The van der Waals surface area contributed by atoms with Crippen LogP contribution in [-0.4, -0.2) is 53.7 Å². The Morgan fingerprint density at radius 3 is 1.91 bits per heavy atom. The molecule has 0 aliphatic rings. The third kappa shape index (κ3) is 6.32. The minimum atomic E-state index is 0.277. The Kier molecular flexibility index (Phi) is 9.22. The molecule has 1 heterocycles. The molecule has 0 atom stereocenters. The minimum absolute atomic E-state index is 0.277. The average Bonchev–Trinajstić information content (AvgIpc) is 3.50. The molecule has 4 aromatic carbocycles. The summed E-state index contributed by atoms with van der Waals surface area (Å²) in [5, 5.41) is 0.925. The van der Waals surface area contributed by atoms with E-state index in [1.54, 1.807) is 46.9 Å². The van der Waals surface area contributed by atoms with Crippen molar-refractivity contribution in [3.05, 3.63) is 90.5 Å². The fourth-order valence-electron chi connectivity index (χ4n) is 4.62. The summed E-state index contributed by atoms with van der Waals surface area (Å²) < 4.78 is 40.9. The minimum Gasteiger partial charge on any atom is -0.493 e. The molecule has 43 heavy (non-hydrogen) atoms. The Balaban J connectivity index is 1.27. The number of thiazole rings is 1. The lowest BCUT2D eigenvalue weighted by Gasteiger charge is -2.17. The quantitative estimate of drug-likeness (QED) is 0.129. The smallest absolute Gasteiger partial charge is 0.203 e. The van der Waals surface area contributed by atoms with E-state index < -0.39 is 0 Å². The molecule has 0 spiro atoms. The predicted molar refractivity (Wildman–Crippen MR) is 170 cm³/mol. The molecule has 0 aliphatic heterocycles. The number of hydrogen-bond donors (Lipinski definition) is 0. The second-order valence-electron chi connectivity index (χ2n) is 9.31. The Hall–Kier alpha value is -4.89. The largest absolute Gasteiger partial charge is 0.493 e. The molecular weight excluding hydrogens is 566 g/mol. The Labute approximate surface area is 255 Å². The van der Waals surface area contributed by atoms with Crippen molar-refractivity contribution in [3.63, 3.8) is 0 Å². The van der Waals surface area contributed by atoms with Gasteiger partial charge in [0.1, 0.15) is 18.2 Å². The summed E-state index contributed by atoms with van der Waals surface area (Å²) in [6.07, 6.45) is 0. The van der Waals surface area contributed by atoms with Crippen molar-refractivity contribution in [2.75, 3.05) is 48.8 Å². The van der Waals surface area contributed by atoms with Gasteiger partial charge in [-0.1, -0.05) is 24.8 Å². The highest BCUT2D eigenvalue weighted by molar-refractivity contribution is 7.21. The van der Waals surface area contributed by atoms with Gasteiger partial charge in [-0.3, -0.25) is 0 Å². The zero-order valence-electron chi connectivity index (χ0n) is 24.8. The molecular formula is C34H33NO7S. The third-order valence-corrected chi connectivity index (χ3v) is 7.91. The molecule has 0 amide bonds. The molecule has 0 fully saturated rings. The van der Waals surface area contributed by atoms with Crippen molar-refractivity contribution in [2.24, 2.45) is 0 Å². The summed E-state index contributed by atoms with van der Waals surface area (Å²) in [6.45, 7) is 4.87. The van der Waals surface area contributed by atoms with Crippen LogP contribution < -0.4 is 33.2 Å². The van der Waals surface area contributed by atoms with Gasteiger partial charge in [-0.15, -0.1) is 11.3 Å². The summed E-state index contributed by atoms with van der Waals surface area (Å²) in [5.41, 5.74) is 4.36. The highest BCUT2D eigenvalue weighted by Crippen LogP contribution is 2.42. The van der Waals surface area contributed by atoms with Crippen molar-refractivity contribution in [2.45, 2.75) is 0 Å². The van der Waals surface area contributed by atoms with E-state index >= 15 is 0 Å². The molecule has 0 bridgehead atoms. The summed E-state index contributed by atoms with van der Waals surface area (Å²) in [6, 6.07) is 23.3. The fraction of sp³-hybridized carbons (Fsp3) is 0.206. The highest BCUT2D eigenvalue weighted by Gasteiger charge is 2.17. The lowest BCUT2D eigenvalue weighted by Crippen LogP contribution is -2.10. The Bertz CT molecular complexity index is 1690. The molecule has 0 saturated carbocycles. The molecule has 0 unspecified atom stereocenters. The third-order valence-electron chi connectivity index (χ3n) is 6.83. The van der Waals surface area contributed by atoms with Crippen molar-refractivity contribution >= 4 is 27.1 Å². The van der Waals surface area contributed by atoms with Gasteiger partial charge in [0.2, 0.25) is 5.75 Å². The van der Waals surface area contributed by atoms with Crippen LogP contribution in [0.4, 0.5) is 0 Å². The SMILES string of the molecule is C=C(c1ccc(OC)c(OCCOc2ccc(-c3nc4ccccc4s3)cc2OC)c1)c1cc(OC)c(OC)c(OC)c1. The van der Waals surface area contributed by atoms with Crippen LogP contribution in [0, 0.1) is 0 Å². The van der Waals surface area contributed by atoms with E-state index in [2.05, 4.69) is 12.6 Å². The summed E-state index contributed by atoms with van der Waals surface area (Å²) >= 11 is 1.64. The van der Waals surface area contributed by atoms with Gasteiger partial charge in [0.05, 0.1) is 45.8 Å². The molecule has 0 radical (unpaired) electrons. The topological polar surface area (TPSA) is 77.5 Å². The van der Waals surface area contributed by atoms with Crippen LogP contribution in [0.5, 0.6) is 40.2 Å². The van der Waals surface area contributed by atoms with Crippen LogP contribution in [0.15, 0.2) is 79.4 Å². The number of fused-ring (bicyclic) bond motifs is 1. The second-order valence-corrected chi connectivity index (χ2v) is 10.3. The molecule has 1 aromatic heterocycles. The number of benzene rings is 4. The fourth-order valence-corrected chi connectivity index (χ4v) is 5.58. The Morgan fingerprint density at radius 1 is 0.628 bits per heavy atom. The number of aromatic nitrogens is 1. The monoisotopic (exact) mass is 599 g/mol. The van der Waals surface area contributed by atoms with Crippen LogP contribution in [0.2, 0.25) is 0 Å². The number of hydrogen-bond acceptors (Lipinski definition) is 9. The van der Waals surface area contributed by atoms with E-state index in [1.807, 2.05) is 66.7 Å².